The van der Waals surface area contributed by atoms with Crippen molar-refractivity contribution >= 4 is 17.6 Å². The molecule has 0 atom stereocenters. The van der Waals surface area contributed by atoms with Crippen molar-refractivity contribution in [1.29, 1.82) is 0 Å². The average molecular weight is 331 g/mol. The Morgan fingerprint density at radius 1 is 1.17 bits per heavy atom. The number of urea groups is 1. The van der Waals surface area contributed by atoms with Gasteiger partial charge < -0.3 is 15.5 Å². The summed E-state index contributed by atoms with van der Waals surface area (Å²) >= 11 is 0. The number of para-hydroxylation sites is 1. The molecule has 1 aromatic carbocycles. The molecule has 3 amide bonds. The van der Waals surface area contributed by atoms with Gasteiger partial charge in [-0.15, -0.1) is 0 Å². The predicted octanol–water partition coefficient (Wildman–Crippen LogP) is 3.55. The third-order valence-electron chi connectivity index (χ3n) is 4.54. The van der Waals surface area contributed by atoms with Gasteiger partial charge >= 0.3 is 6.03 Å². The Morgan fingerprint density at radius 3 is 2.54 bits per heavy atom. The third-order valence-corrected chi connectivity index (χ3v) is 4.54. The molecule has 2 N–H and O–H groups in total. The molecule has 0 radical (unpaired) electrons. The van der Waals surface area contributed by atoms with E-state index in [4.69, 9.17) is 0 Å². The molecule has 5 nitrogen and oxygen atoms in total. The van der Waals surface area contributed by atoms with Gasteiger partial charge in [0.1, 0.15) is 0 Å². The summed E-state index contributed by atoms with van der Waals surface area (Å²) in [4.78, 5) is 26.1. The number of piperidine rings is 1. The Kier molecular flexibility index (Phi) is 7.09. The summed E-state index contributed by atoms with van der Waals surface area (Å²) in [5.41, 5.74) is 2.03. The van der Waals surface area contributed by atoms with E-state index < -0.39 is 0 Å². The lowest BCUT2D eigenvalue weighted by molar-refractivity contribution is -0.122. The van der Waals surface area contributed by atoms with Crippen molar-refractivity contribution < 1.29 is 9.59 Å². The van der Waals surface area contributed by atoms with Crippen LogP contribution in [0.25, 0.3) is 0 Å². The molecule has 2 rings (SSSR count). The molecular weight excluding hydrogens is 302 g/mol. The fourth-order valence-corrected chi connectivity index (χ4v) is 3.01. The Morgan fingerprint density at radius 2 is 1.88 bits per heavy atom. The number of amides is 3. The molecule has 0 saturated carbocycles. The number of carbonyl (C=O) groups excluding carboxylic acids is 2. The van der Waals surface area contributed by atoms with Crippen molar-refractivity contribution in [2.45, 2.75) is 58.4 Å². The molecule has 1 aromatic rings. The molecule has 1 fully saturated rings. The van der Waals surface area contributed by atoms with Crippen LogP contribution in [-0.4, -0.2) is 36.0 Å². The van der Waals surface area contributed by atoms with Crippen molar-refractivity contribution in [1.82, 2.24) is 10.2 Å². The van der Waals surface area contributed by atoms with Gasteiger partial charge in [0.2, 0.25) is 5.91 Å². The van der Waals surface area contributed by atoms with Crippen LogP contribution in [0.3, 0.4) is 0 Å². The second kappa shape index (κ2) is 9.30. The van der Waals surface area contributed by atoms with Gasteiger partial charge in [-0.1, -0.05) is 38.5 Å². The quantitative estimate of drug-likeness (QED) is 0.837. The fraction of sp³-hybridized carbons (Fsp3) is 0.579. The Bertz CT molecular complexity index is 551. The van der Waals surface area contributed by atoms with E-state index in [2.05, 4.69) is 24.5 Å². The molecule has 24 heavy (non-hydrogen) atoms. The SMILES string of the molecule is CCCCC(=O)NC1CCN(C(=O)Nc2ccccc2CC)CC1. The van der Waals surface area contributed by atoms with E-state index in [1.807, 2.05) is 29.2 Å². The van der Waals surface area contributed by atoms with Crippen molar-refractivity contribution in [3.05, 3.63) is 29.8 Å². The first-order chi connectivity index (χ1) is 11.6. The van der Waals surface area contributed by atoms with Gasteiger partial charge in [-0.2, -0.15) is 0 Å². The number of aryl methyl sites for hydroxylation is 1. The number of nitrogens with one attached hydrogen (secondary N) is 2. The molecule has 0 aromatic heterocycles. The summed E-state index contributed by atoms with van der Waals surface area (Å²) in [7, 11) is 0. The molecular formula is C19H29N3O2. The molecule has 5 heteroatoms. The minimum absolute atomic E-state index is 0.0494. The topological polar surface area (TPSA) is 61.4 Å². The lowest BCUT2D eigenvalue weighted by Gasteiger charge is -2.32. The highest BCUT2D eigenvalue weighted by Gasteiger charge is 2.24. The molecule has 1 saturated heterocycles. The van der Waals surface area contributed by atoms with Crippen molar-refractivity contribution in [2.75, 3.05) is 18.4 Å². The summed E-state index contributed by atoms with van der Waals surface area (Å²) in [5.74, 6) is 0.136. The highest BCUT2D eigenvalue weighted by Crippen LogP contribution is 2.18. The van der Waals surface area contributed by atoms with E-state index in [0.29, 0.717) is 19.5 Å². The number of carbonyl (C=O) groups is 2. The number of nitrogens with zero attached hydrogens (tertiary/aromatic N) is 1. The maximum atomic E-state index is 12.4. The normalized spacial score (nSPS) is 15.2. The number of hydrogen-bond donors (Lipinski definition) is 2. The number of unbranched alkanes of at least 4 members (excludes halogenated alkanes) is 1. The molecule has 1 aliphatic rings. The smallest absolute Gasteiger partial charge is 0.321 e. The van der Waals surface area contributed by atoms with Gasteiger partial charge in [0.25, 0.3) is 0 Å². The molecule has 0 unspecified atom stereocenters. The summed E-state index contributed by atoms with van der Waals surface area (Å²) in [6, 6.07) is 8.05. The standard InChI is InChI=1S/C19H29N3O2/c1-3-5-10-18(23)20-16-11-13-22(14-12-16)19(24)21-17-9-7-6-8-15(17)4-2/h6-9,16H,3-5,10-14H2,1-2H3,(H,20,23)(H,21,24). The highest BCUT2D eigenvalue weighted by atomic mass is 16.2. The van der Waals surface area contributed by atoms with Crippen LogP contribution >= 0.6 is 0 Å². The van der Waals surface area contributed by atoms with E-state index in [-0.39, 0.29) is 18.0 Å². The number of likely N-dealkylation sites (tertiary alicyclic amines) is 1. The Hall–Kier alpha value is -2.04. The maximum Gasteiger partial charge on any atom is 0.321 e. The summed E-state index contributed by atoms with van der Waals surface area (Å²) < 4.78 is 0. The van der Waals surface area contributed by atoms with Crippen molar-refractivity contribution in [3.63, 3.8) is 0 Å². The van der Waals surface area contributed by atoms with Gasteiger partial charge in [0.05, 0.1) is 0 Å². The van der Waals surface area contributed by atoms with Crippen LogP contribution in [0.1, 0.15) is 51.5 Å². The fourth-order valence-electron chi connectivity index (χ4n) is 3.01. The number of hydrogen-bond acceptors (Lipinski definition) is 2. The minimum atomic E-state index is -0.0494. The first kappa shape index (κ1) is 18.3. The monoisotopic (exact) mass is 331 g/mol. The number of benzene rings is 1. The second-order valence-corrected chi connectivity index (χ2v) is 6.37. The lowest BCUT2D eigenvalue weighted by Crippen LogP contribution is -2.47. The lowest BCUT2D eigenvalue weighted by atomic mass is 10.0. The van der Waals surface area contributed by atoms with Crippen LogP contribution in [0.15, 0.2) is 24.3 Å². The zero-order valence-electron chi connectivity index (χ0n) is 14.8. The van der Waals surface area contributed by atoms with E-state index in [1.54, 1.807) is 0 Å². The van der Waals surface area contributed by atoms with Crippen molar-refractivity contribution in [2.24, 2.45) is 0 Å². The van der Waals surface area contributed by atoms with Crippen LogP contribution in [0.2, 0.25) is 0 Å². The van der Waals surface area contributed by atoms with Gasteiger partial charge in [0, 0.05) is 31.2 Å². The molecule has 0 aliphatic carbocycles. The summed E-state index contributed by atoms with van der Waals surface area (Å²) in [5, 5.41) is 6.10. The first-order valence-electron chi connectivity index (χ1n) is 9.07. The largest absolute Gasteiger partial charge is 0.353 e. The van der Waals surface area contributed by atoms with E-state index in [0.717, 1.165) is 43.4 Å². The van der Waals surface area contributed by atoms with Crippen LogP contribution in [0.5, 0.6) is 0 Å². The molecule has 1 aliphatic heterocycles. The van der Waals surface area contributed by atoms with Crippen LogP contribution in [0.4, 0.5) is 10.5 Å². The average Bonchev–Trinajstić information content (AvgIpc) is 2.61. The van der Waals surface area contributed by atoms with Gasteiger partial charge in [0.15, 0.2) is 0 Å². The van der Waals surface area contributed by atoms with Gasteiger partial charge in [-0.05, 0) is 37.3 Å². The first-order valence-corrected chi connectivity index (χ1v) is 9.07. The predicted molar refractivity (Wildman–Crippen MR) is 97.1 cm³/mol. The molecule has 0 spiro atoms. The summed E-state index contributed by atoms with van der Waals surface area (Å²) in [6.07, 6.45) is 5.10. The second-order valence-electron chi connectivity index (χ2n) is 6.37. The number of anilines is 1. The Labute approximate surface area is 144 Å². The minimum Gasteiger partial charge on any atom is -0.353 e. The molecule has 1 heterocycles. The van der Waals surface area contributed by atoms with Gasteiger partial charge in [-0.3, -0.25) is 4.79 Å². The number of rotatable bonds is 6. The van der Waals surface area contributed by atoms with E-state index in [1.165, 1.54) is 0 Å². The molecule has 0 bridgehead atoms. The summed E-state index contributed by atoms with van der Waals surface area (Å²) in [6.45, 7) is 5.52. The van der Waals surface area contributed by atoms with Crippen LogP contribution in [0, 0.1) is 0 Å². The van der Waals surface area contributed by atoms with Crippen LogP contribution in [-0.2, 0) is 11.2 Å². The van der Waals surface area contributed by atoms with E-state index >= 15 is 0 Å². The highest BCUT2D eigenvalue weighted by molar-refractivity contribution is 5.90. The van der Waals surface area contributed by atoms with Crippen LogP contribution < -0.4 is 10.6 Å². The zero-order valence-corrected chi connectivity index (χ0v) is 14.8. The Balaban J connectivity index is 1.79. The zero-order chi connectivity index (χ0) is 17.4. The molecule has 132 valence electrons. The third kappa shape index (κ3) is 5.25. The van der Waals surface area contributed by atoms with Gasteiger partial charge in [-0.25, -0.2) is 4.79 Å². The van der Waals surface area contributed by atoms with Crippen molar-refractivity contribution in [3.8, 4) is 0 Å². The van der Waals surface area contributed by atoms with E-state index in [9.17, 15) is 9.59 Å². The maximum absolute atomic E-state index is 12.4.